The summed E-state index contributed by atoms with van der Waals surface area (Å²) >= 11 is 5.58. The van der Waals surface area contributed by atoms with Crippen LogP contribution < -0.4 is 10.9 Å². The van der Waals surface area contributed by atoms with Crippen LogP contribution in [0.3, 0.4) is 0 Å². The van der Waals surface area contributed by atoms with E-state index in [1.807, 2.05) is 0 Å². The van der Waals surface area contributed by atoms with Crippen molar-refractivity contribution in [3.63, 3.8) is 0 Å². The molecule has 0 aliphatic rings. The second-order valence-corrected chi connectivity index (χ2v) is 4.31. The summed E-state index contributed by atoms with van der Waals surface area (Å²) < 4.78 is 9.57. The lowest BCUT2D eigenvalue weighted by molar-refractivity contribution is -0.125. The second-order valence-electron chi connectivity index (χ2n) is 3.93. The number of hydrogen-bond acceptors (Lipinski definition) is 6. The predicted octanol–water partition coefficient (Wildman–Crippen LogP) is 0.946. The van der Waals surface area contributed by atoms with E-state index in [1.165, 1.54) is 36.7 Å². The molecule has 114 valence electrons. The highest BCUT2D eigenvalue weighted by molar-refractivity contribution is 6.29. The van der Waals surface area contributed by atoms with Gasteiger partial charge in [-0.25, -0.2) is 9.78 Å². The van der Waals surface area contributed by atoms with Gasteiger partial charge in [0.15, 0.2) is 12.4 Å². The molecule has 0 bridgehead atoms. The highest BCUT2D eigenvalue weighted by Gasteiger charge is 2.12. The molecule has 2 N–H and O–H groups in total. The summed E-state index contributed by atoms with van der Waals surface area (Å²) in [6, 6.07) is 5.78. The summed E-state index contributed by atoms with van der Waals surface area (Å²) in [7, 11) is 0. The van der Waals surface area contributed by atoms with E-state index in [9.17, 15) is 14.4 Å². The van der Waals surface area contributed by atoms with E-state index in [0.29, 0.717) is 0 Å². The average molecular weight is 324 g/mol. The Bertz CT molecular complexity index is 669. The van der Waals surface area contributed by atoms with Gasteiger partial charge in [-0.05, 0) is 24.3 Å². The number of pyridine rings is 1. The van der Waals surface area contributed by atoms with E-state index >= 15 is 0 Å². The van der Waals surface area contributed by atoms with Crippen LogP contribution in [-0.2, 0) is 9.53 Å². The van der Waals surface area contributed by atoms with Crippen molar-refractivity contribution >= 4 is 29.4 Å². The predicted molar refractivity (Wildman–Crippen MR) is 73.8 cm³/mol. The summed E-state index contributed by atoms with van der Waals surface area (Å²) in [5.41, 5.74) is 4.33. The van der Waals surface area contributed by atoms with Crippen LogP contribution in [-0.4, -0.2) is 29.4 Å². The Kier molecular flexibility index (Phi) is 5.10. The summed E-state index contributed by atoms with van der Waals surface area (Å²) in [5, 5.41) is 0.231. The van der Waals surface area contributed by atoms with Crippen LogP contribution in [0, 0.1) is 0 Å². The van der Waals surface area contributed by atoms with Gasteiger partial charge in [0.2, 0.25) is 0 Å². The van der Waals surface area contributed by atoms with Crippen molar-refractivity contribution in [2.24, 2.45) is 0 Å². The molecule has 9 heteroatoms. The zero-order valence-corrected chi connectivity index (χ0v) is 11.8. The quantitative estimate of drug-likeness (QED) is 0.492. The second kappa shape index (κ2) is 7.23. The number of nitrogens with one attached hydrogen (secondary N) is 2. The Morgan fingerprint density at radius 1 is 1.23 bits per heavy atom. The largest absolute Gasteiger partial charge is 0.459 e. The number of aromatic nitrogens is 1. The third-order valence-corrected chi connectivity index (χ3v) is 2.58. The van der Waals surface area contributed by atoms with Gasteiger partial charge in [0.25, 0.3) is 5.91 Å². The molecule has 2 aromatic heterocycles. The first-order chi connectivity index (χ1) is 10.6. The number of amides is 2. The van der Waals surface area contributed by atoms with Crippen molar-refractivity contribution < 1.29 is 23.5 Å². The molecule has 2 rings (SSSR count). The van der Waals surface area contributed by atoms with Crippen molar-refractivity contribution in [3.05, 3.63) is 53.2 Å². The maximum Gasteiger partial charge on any atom is 0.340 e. The Hall–Kier alpha value is -2.87. The van der Waals surface area contributed by atoms with Crippen molar-refractivity contribution in [1.82, 2.24) is 15.8 Å². The van der Waals surface area contributed by atoms with E-state index in [0.717, 1.165) is 0 Å². The molecule has 2 heterocycles. The fraction of sp³-hybridized carbons (Fsp3) is 0.0769. The first-order valence-corrected chi connectivity index (χ1v) is 6.35. The lowest BCUT2D eigenvalue weighted by Crippen LogP contribution is -2.43. The van der Waals surface area contributed by atoms with Gasteiger partial charge in [-0.15, -0.1) is 0 Å². The summed E-state index contributed by atoms with van der Waals surface area (Å²) in [4.78, 5) is 38.2. The van der Waals surface area contributed by atoms with E-state index in [1.54, 1.807) is 0 Å². The highest BCUT2D eigenvalue weighted by atomic mass is 35.5. The van der Waals surface area contributed by atoms with Crippen molar-refractivity contribution in [2.75, 3.05) is 6.61 Å². The minimum atomic E-state index is -0.739. The molecule has 22 heavy (non-hydrogen) atoms. The molecule has 0 aliphatic carbocycles. The maximum atomic E-state index is 11.6. The van der Waals surface area contributed by atoms with Gasteiger partial charge in [0.05, 0.1) is 11.8 Å². The molecule has 2 amide bonds. The molecular formula is C13H10ClN3O5. The topological polar surface area (TPSA) is 111 Å². The molecule has 0 fully saturated rings. The summed E-state index contributed by atoms with van der Waals surface area (Å²) in [5.74, 6) is -2.05. The molecule has 2 aromatic rings. The van der Waals surface area contributed by atoms with Crippen LogP contribution in [0.15, 0.2) is 41.1 Å². The number of esters is 1. The lowest BCUT2D eigenvalue weighted by atomic mass is 10.3. The van der Waals surface area contributed by atoms with E-state index in [4.69, 9.17) is 20.8 Å². The molecule has 8 nitrogen and oxygen atoms in total. The normalized spacial score (nSPS) is 9.86. The minimum Gasteiger partial charge on any atom is -0.459 e. The van der Waals surface area contributed by atoms with Crippen LogP contribution in [0.5, 0.6) is 0 Å². The number of furan rings is 1. The SMILES string of the molecule is O=C(COC(=O)c1ccc(Cl)nc1)NNC(=O)c1ccco1. The number of ether oxygens (including phenoxy) is 1. The van der Waals surface area contributed by atoms with Crippen LogP contribution >= 0.6 is 11.6 Å². The van der Waals surface area contributed by atoms with Crippen molar-refractivity contribution in [1.29, 1.82) is 0 Å². The van der Waals surface area contributed by atoms with Crippen molar-refractivity contribution in [3.8, 4) is 0 Å². The fourth-order valence-electron chi connectivity index (χ4n) is 1.34. The molecule has 0 unspecified atom stereocenters. The monoisotopic (exact) mass is 323 g/mol. The molecule has 0 atom stereocenters. The number of carbonyl (C=O) groups excluding carboxylic acids is 3. The first-order valence-electron chi connectivity index (χ1n) is 5.97. The molecular weight excluding hydrogens is 314 g/mol. The fourth-order valence-corrected chi connectivity index (χ4v) is 1.45. The smallest absolute Gasteiger partial charge is 0.340 e. The van der Waals surface area contributed by atoms with Crippen LogP contribution in [0.2, 0.25) is 5.15 Å². The average Bonchev–Trinajstić information content (AvgIpc) is 3.05. The molecule has 0 saturated heterocycles. The van der Waals surface area contributed by atoms with Gasteiger partial charge in [-0.3, -0.25) is 20.4 Å². The van der Waals surface area contributed by atoms with Gasteiger partial charge < -0.3 is 9.15 Å². The minimum absolute atomic E-state index is 0.0320. The standard InChI is InChI=1S/C13H10ClN3O5/c14-10-4-3-8(6-15-10)13(20)22-7-11(18)16-17-12(19)9-2-1-5-21-9/h1-6H,7H2,(H,16,18)(H,17,19). The number of hydrazine groups is 1. The zero-order valence-electron chi connectivity index (χ0n) is 11.0. The van der Waals surface area contributed by atoms with E-state index in [2.05, 4.69) is 15.8 Å². The number of rotatable bonds is 4. The molecule has 0 aromatic carbocycles. The maximum absolute atomic E-state index is 11.6. The zero-order chi connectivity index (χ0) is 15.9. The third-order valence-electron chi connectivity index (χ3n) is 2.36. The van der Waals surface area contributed by atoms with Crippen LogP contribution in [0.1, 0.15) is 20.9 Å². The Balaban J connectivity index is 1.74. The van der Waals surface area contributed by atoms with E-state index in [-0.39, 0.29) is 16.5 Å². The summed E-state index contributed by atoms with van der Waals surface area (Å²) in [6.07, 6.45) is 2.54. The first kappa shape index (κ1) is 15.5. The van der Waals surface area contributed by atoms with E-state index < -0.39 is 24.4 Å². The van der Waals surface area contributed by atoms with Gasteiger partial charge in [-0.2, -0.15) is 0 Å². The number of nitrogens with zero attached hydrogens (tertiary/aromatic N) is 1. The Morgan fingerprint density at radius 3 is 2.68 bits per heavy atom. The Labute approximate surface area is 129 Å². The molecule has 0 aliphatic heterocycles. The molecule has 0 radical (unpaired) electrons. The number of hydrogen-bond donors (Lipinski definition) is 2. The Morgan fingerprint density at radius 2 is 2.05 bits per heavy atom. The van der Waals surface area contributed by atoms with Gasteiger partial charge in [-0.1, -0.05) is 11.6 Å². The van der Waals surface area contributed by atoms with Gasteiger partial charge >= 0.3 is 11.9 Å². The molecule has 0 saturated carbocycles. The van der Waals surface area contributed by atoms with Crippen molar-refractivity contribution in [2.45, 2.75) is 0 Å². The van der Waals surface area contributed by atoms with Gasteiger partial charge in [0.1, 0.15) is 5.15 Å². The highest BCUT2D eigenvalue weighted by Crippen LogP contribution is 2.06. The number of carbonyl (C=O) groups is 3. The summed E-state index contributed by atoms with van der Waals surface area (Å²) in [6.45, 7) is -0.570. The third kappa shape index (κ3) is 4.32. The number of halogens is 1. The molecule has 0 spiro atoms. The van der Waals surface area contributed by atoms with Crippen LogP contribution in [0.4, 0.5) is 0 Å². The lowest BCUT2D eigenvalue weighted by Gasteiger charge is -2.07. The van der Waals surface area contributed by atoms with Crippen LogP contribution in [0.25, 0.3) is 0 Å². The van der Waals surface area contributed by atoms with Gasteiger partial charge in [0, 0.05) is 6.20 Å².